The summed E-state index contributed by atoms with van der Waals surface area (Å²) in [6.07, 6.45) is 7.91. The average molecular weight is 210 g/mol. The fourth-order valence-electron chi connectivity index (χ4n) is 1.41. The van der Waals surface area contributed by atoms with Crippen LogP contribution in [0.5, 0.6) is 0 Å². The van der Waals surface area contributed by atoms with Gasteiger partial charge < -0.3 is 9.47 Å². The van der Waals surface area contributed by atoms with E-state index in [1.54, 1.807) is 19.3 Å². The molecule has 1 unspecified atom stereocenters. The highest BCUT2D eigenvalue weighted by Crippen LogP contribution is 2.19. The molecule has 0 saturated carbocycles. The Hall–Kier alpha value is -1.25. The maximum absolute atomic E-state index is 11.0. The van der Waals surface area contributed by atoms with Gasteiger partial charge in [0, 0.05) is 6.08 Å². The van der Waals surface area contributed by atoms with Crippen LogP contribution in [0.25, 0.3) is 0 Å². The van der Waals surface area contributed by atoms with E-state index in [4.69, 9.17) is 9.47 Å². The number of ether oxygens (including phenoxy) is 2. The van der Waals surface area contributed by atoms with E-state index in [-0.39, 0.29) is 12.1 Å². The van der Waals surface area contributed by atoms with Gasteiger partial charge in [-0.15, -0.1) is 0 Å². The molecule has 0 amide bonds. The molecule has 0 N–H and O–H groups in total. The molecule has 0 aromatic carbocycles. The van der Waals surface area contributed by atoms with E-state index < -0.39 is 0 Å². The Balaban J connectivity index is 2.25. The molecule has 3 heteroatoms. The molecule has 0 radical (unpaired) electrons. The third-order valence-electron chi connectivity index (χ3n) is 2.38. The van der Waals surface area contributed by atoms with Gasteiger partial charge in [-0.3, -0.25) is 0 Å². The highest BCUT2D eigenvalue weighted by Gasteiger charge is 2.15. The molecule has 0 bridgehead atoms. The second-order valence-electron chi connectivity index (χ2n) is 3.56. The Morgan fingerprint density at radius 2 is 2.53 bits per heavy atom. The number of carbonyl (C=O) groups excluding carboxylic acids is 1. The fourth-order valence-corrected chi connectivity index (χ4v) is 1.41. The standard InChI is InChI=1S/C12H18O3/c1-3-5-12(13)15-9-11-7-6-10(4-2)8-14-11/h3,5,8,11H,4,6-7,9H2,1-2H3. The van der Waals surface area contributed by atoms with Crippen LogP contribution in [-0.4, -0.2) is 18.7 Å². The molecule has 1 aliphatic rings. The van der Waals surface area contributed by atoms with Crippen LogP contribution in [0, 0.1) is 0 Å². The van der Waals surface area contributed by atoms with Crippen molar-refractivity contribution in [1.82, 2.24) is 0 Å². The smallest absolute Gasteiger partial charge is 0.330 e. The van der Waals surface area contributed by atoms with Crippen LogP contribution in [0.2, 0.25) is 0 Å². The number of allylic oxidation sites excluding steroid dienone is 2. The Morgan fingerprint density at radius 3 is 3.07 bits per heavy atom. The van der Waals surface area contributed by atoms with Crippen molar-refractivity contribution in [3.63, 3.8) is 0 Å². The van der Waals surface area contributed by atoms with E-state index in [0.717, 1.165) is 19.3 Å². The zero-order valence-electron chi connectivity index (χ0n) is 9.36. The lowest BCUT2D eigenvalue weighted by Crippen LogP contribution is -2.22. The zero-order valence-corrected chi connectivity index (χ0v) is 9.36. The van der Waals surface area contributed by atoms with E-state index in [1.165, 1.54) is 11.6 Å². The summed E-state index contributed by atoms with van der Waals surface area (Å²) in [7, 11) is 0. The summed E-state index contributed by atoms with van der Waals surface area (Å²) >= 11 is 0. The molecule has 0 aromatic rings. The van der Waals surface area contributed by atoms with E-state index in [0.29, 0.717) is 6.61 Å². The quantitative estimate of drug-likeness (QED) is 0.528. The molecule has 1 rings (SSSR count). The van der Waals surface area contributed by atoms with Gasteiger partial charge in [0.25, 0.3) is 0 Å². The van der Waals surface area contributed by atoms with Gasteiger partial charge in [0.05, 0.1) is 6.26 Å². The number of hydrogen-bond donors (Lipinski definition) is 0. The van der Waals surface area contributed by atoms with Crippen molar-refractivity contribution in [2.75, 3.05) is 6.61 Å². The minimum absolute atomic E-state index is 0.0227. The first-order valence-corrected chi connectivity index (χ1v) is 5.39. The lowest BCUT2D eigenvalue weighted by atomic mass is 10.0. The van der Waals surface area contributed by atoms with E-state index in [1.807, 2.05) is 0 Å². The fraction of sp³-hybridized carbons (Fsp3) is 0.583. The number of rotatable bonds is 4. The summed E-state index contributed by atoms with van der Waals surface area (Å²) in [5.41, 5.74) is 1.33. The van der Waals surface area contributed by atoms with Crippen LogP contribution in [0.15, 0.2) is 24.0 Å². The van der Waals surface area contributed by atoms with E-state index in [9.17, 15) is 4.79 Å². The van der Waals surface area contributed by atoms with Crippen LogP contribution < -0.4 is 0 Å². The summed E-state index contributed by atoms with van der Waals surface area (Å²) < 4.78 is 10.5. The monoisotopic (exact) mass is 210 g/mol. The average Bonchev–Trinajstić information content (AvgIpc) is 2.27. The predicted molar refractivity (Wildman–Crippen MR) is 58.3 cm³/mol. The predicted octanol–water partition coefficient (Wildman–Crippen LogP) is 2.58. The first-order valence-electron chi connectivity index (χ1n) is 5.39. The van der Waals surface area contributed by atoms with Crippen LogP contribution in [0.4, 0.5) is 0 Å². The third kappa shape index (κ3) is 4.19. The maximum Gasteiger partial charge on any atom is 0.330 e. The number of carbonyl (C=O) groups is 1. The Kier molecular flexibility index (Phi) is 4.95. The van der Waals surface area contributed by atoms with Crippen molar-refractivity contribution < 1.29 is 14.3 Å². The maximum atomic E-state index is 11.0. The third-order valence-corrected chi connectivity index (χ3v) is 2.38. The highest BCUT2D eigenvalue weighted by atomic mass is 16.6. The molecule has 0 aliphatic carbocycles. The lowest BCUT2D eigenvalue weighted by Gasteiger charge is -2.22. The van der Waals surface area contributed by atoms with Gasteiger partial charge in [-0.25, -0.2) is 4.79 Å². The number of hydrogen-bond acceptors (Lipinski definition) is 3. The Labute approximate surface area is 90.8 Å². The van der Waals surface area contributed by atoms with Gasteiger partial charge in [-0.1, -0.05) is 13.0 Å². The normalized spacial score (nSPS) is 20.9. The summed E-state index contributed by atoms with van der Waals surface area (Å²) in [6.45, 7) is 4.24. The second-order valence-corrected chi connectivity index (χ2v) is 3.56. The van der Waals surface area contributed by atoms with Crippen molar-refractivity contribution in [2.24, 2.45) is 0 Å². The van der Waals surface area contributed by atoms with Crippen LogP contribution >= 0.6 is 0 Å². The number of esters is 1. The second kappa shape index (κ2) is 6.27. The minimum Gasteiger partial charge on any atom is -0.495 e. The lowest BCUT2D eigenvalue weighted by molar-refractivity contribution is -0.141. The highest BCUT2D eigenvalue weighted by molar-refractivity contribution is 5.81. The van der Waals surface area contributed by atoms with Crippen molar-refractivity contribution in [2.45, 2.75) is 39.2 Å². The van der Waals surface area contributed by atoms with Crippen LogP contribution in [-0.2, 0) is 14.3 Å². The van der Waals surface area contributed by atoms with E-state index in [2.05, 4.69) is 6.92 Å². The van der Waals surface area contributed by atoms with Gasteiger partial charge >= 0.3 is 5.97 Å². The van der Waals surface area contributed by atoms with Crippen molar-refractivity contribution in [3.05, 3.63) is 24.0 Å². The summed E-state index contributed by atoms with van der Waals surface area (Å²) in [6, 6.07) is 0. The molecule has 1 aliphatic heterocycles. The summed E-state index contributed by atoms with van der Waals surface area (Å²) in [5.74, 6) is -0.300. The van der Waals surface area contributed by atoms with E-state index >= 15 is 0 Å². The molecule has 0 spiro atoms. The summed E-state index contributed by atoms with van der Waals surface area (Å²) in [4.78, 5) is 11.0. The van der Waals surface area contributed by atoms with Crippen molar-refractivity contribution >= 4 is 5.97 Å². The molecule has 3 nitrogen and oxygen atoms in total. The minimum atomic E-state index is -0.300. The topological polar surface area (TPSA) is 35.5 Å². The van der Waals surface area contributed by atoms with Gasteiger partial charge in [0.2, 0.25) is 0 Å². The first kappa shape index (κ1) is 11.8. The molecule has 0 fully saturated rings. The largest absolute Gasteiger partial charge is 0.495 e. The van der Waals surface area contributed by atoms with Crippen molar-refractivity contribution in [3.8, 4) is 0 Å². The molecule has 0 saturated heterocycles. The van der Waals surface area contributed by atoms with Gasteiger partial charge in [0.1, 0.15) is 12.7 Å². The molecular weight excluding hydrogens is 192 g/mol. The molecule has 1 atom stereocenters. The van der Waals surface area contributed by atoms with Gasteiger partial charge in [0.15, 0.2) is 0 Å². The molecular formula is C12H18O3. The molecule has 0 aromatic heterocycles. The van der Waals surface area contributed by atoms with Gasteiger partial charge in [-0.2, -0.15) is 0 Å². The van der Waals surface area contributed by atoms with Crippen molar-refractivity contribution in [1.29, 1.82) is 0 Å². The van der Waals surface area contributed by atoms with Crippen LogP contribution in [0.3, 0.4) is 0 Å². The van der Waals surface area contributed by atoms with Crippen LogP contribution in [0.1, 0.15) is 33.1 Å². The van der Waals surface area contributed by atoms with Gasteiger partial charge in [-0.05, 0) is 31.8 Å². The molecule has 15 heavy (non-hydrogen) atoms. The molecule has 1 heterocycles. The summed E-state index contributed by atoms with van der Waals surface area (Å²) in [5, 5.41) is 0. The Morgan fingerprint density at radius 1 is 1.73 bits per heavy atom. The zero-order chi connectivity index (χ0) is 11.1. The first-order chi connectivity index (χ1) is 7.26. The SMILES string of the molecule is CC=CC(=O)OCC1CCC(CC)=CO1. The molecule has 84 valence electrons. The Bertz CT molecular complexity index is 266.